The highest BCUT2D eigenvalue weighted by Crippen LogP contribution is 2.32. The second kappa shape index (κ2) is 24.0. The van der Waals surface area contributed by atoms with Crippen molar-refractivity contribution < 1.29 is 21.6 Å². The summed E-state index contributed by atoms with van der Waals surface area (Å²) in [5.74, 6) is 13.4. The Hall–Kier alpha value is -5.30. The number of nitrogens with zero attached hydrogens (tertiary/aromatic N) is 4. The van der Waals surface area contributed by atoms with Gasteiger partial charge in [0.15, 0.2) is 0 Å². The van der Waals surface area contributed by atoms with Gasteiger partial charge in [-0.25, -0.2) is 16.8 Å². The van der Waals surface area contributed by atoms with E-state index in [9.17, 15) is 16.8 Å². The van der Waals surface area contributed by atoms with Crippen LogP contribution >= 0.6 is 0 Å². The monoisotopic (exact) mass is 886 g/mol. The highest BCUT2D eigenvalue weighted by atomic mass is 32.2. The normalized spacial score (nSPS) is 15.3. The van der Waals surface area contributed by atoms with Crippen molar-refractivity contribution in [2.45, 2.75) is 78.1 Å². The highest BCUT2D eigenvalue weighted by Gasteiger charge is 2.26. The zero-order valence-electron chi connectivity index (χ0n) is 36.9. The van der Waals surface area contributed by atoms with Gasteiger partial charge in [0.05, 0.1) is 10.8 Å². The third-order valence-electron chi connectivity index (χ3n) is 11.4. The molecular weight excluding hydrogens is 825 g/mol. The quantitative estimate of drug-likeness (QED) is 0.0727. The molecule has 63 heavy (non-hydrogen) atoms. The van der Waals surface area contributed by atoms with Crippen molar-refractivity contribution >= 4 is 31.4 Å². The Balaban J connectivity index is 0.998. The first kappa shape index (κ1) is 47.2. The maximum absolute atomic E-state index is 12.9. The van der Waals surface area contributed by atoms with E-state index in [1.165, 1.54) is 31.6 Å². The number of sulfonamides is 2. The van der Waals surface area contributed by atoms with Gasteiger partial charge in [0.25, 0.3) is 0 Å². The summed E-state index contributed by atoms with van der Waals surface area (Å²) in [5.41, 5.74) is 6.63. The van der Waals surface area contributed by atoms with Gasteiger partial charge in [-0.15, -0.1) is 0 Å². The molecule has 4 aromatic rings. The number of para-hydroxylation sites is 2. The second-order valence-corrected chi connectivity index (χ2v) is 19.7. The summed E-state index contributed by atoms with van der Waals surface area (Å²) in [6, 6.07) is 33.4. The van der Waals surface area contributed by atoms with Gasteiger partial charge >= 0.3 is 0 Å². The molecule has 11 heteroatoms. The Bertz CT molecular complexity index is 2310. The molecule has 9 nitrogen and oxygen atoms in total. The van der Waals surface area contributed by atoms with Crippen LogP contribution in [0.4, 0.5) is 11.4 Å². The van der Waals surface area contributed by atoms with Crippen LogP contribution in [-0.4, -0.2) is 77.8 Å². The van der Waals surface area contributed by atoms with Crippen LogP contribution in [0.1, 0.15) is 87.5 Å². The Morgan fingerprint density at radius 1 is 0.508 bits per heavy atom. The lowest BCUT2D eigenvalue weighted by Gasteiger charge is -2.34. The summed E-state index contributed by atoms with van der Waals surface area (Å²) in [6.07, 6.45) is 12.5. The minimum atomic E-state index is -3.50. The summed E-state index contributed by atoms with van der Waals surface area (Å²) >= 11 is 0. The lowest BCUT2D eigenvalue weighted by atomic mass is 10.0. The Labute approximate surface area is 377 Å². The van der Waals surface area contributed by atoms with E-state index in [1.807, 2.05) is 36.4 Å². The Morgan fingerprint density at radius 2 is 0.889 bits per heavy atom. The van der Waals surface area contributed by atoms with Crippen LogP contribution in [0.15, 0.2) is 120 Å². The van der Waals surface area contributed by atoms with Crippen LogP contribution in [0.2, 0.25) is 0 Å². The van der Waals surface area contributed by atoms with Gasteiger partial charge in [-0.3, -0.25) is 0 Å². The van der Waals surface area contributed by atoms with Crippen LogP contribution < -0.4 is 14.5 Å². The molecule has 0 N–H and O–H groups in total. The second-order valence-electron chi connectivity index (χ2n) is 16.0. The van der Waals surface area contributed by atoms with E-state index >= 15 is 0 Å². The van der Waals surface area contributed by atoms with Gasteiger partial charge in [0.2, 0.25) is 20.0 Å². The van der Waals surface area contributed by atoms with E-state index in [0.29, 0.717) is 65.2 Å². The third-order valence-corrected chi connectivity index (χ3v) is 14.5. The summed E-state index contributed by atoms with van der Waals surface area (Å²) in [7, 11) is -7.00. The lowest BCUT2D eigenvalue weighted by Crippen LogP contribution is -2.48. The molecule has 0 saturated carbocycles. The molecule has 2 heterocycles. The van der Waals surface area contributed by atoms with Crippen LogP contribution in [0.5, 0.6) is 11.5 Å². The number of anilines is 2. The van der Waals surface area contributed by atoms with Gasteiger partial charge in [-0.2, -0.15) is 8.61 Å². The van der Waals surface area contributed by atoms with Crippen molar-refractivity contribution in [3.05, 3.63) is 142 Å². The SMILES string of the molecule is CCCCCC#C/C=C/S(=O)(=O)N1CCN(c2ccc(Cc3ccccc3Oc3ccccc3Cc3ccc(N4CCN(S(=O)(=O)/C=C/C#CCCCCC)CC4)cc3)cc2)CC1. The van der Waals surface area contributed by atoms with Gasteiger partial charge in [0, 0.05) is 102 Å². The highest BCUT2D eigenvalue weighted by molar-refractivity contribution is 7.92. The van der Waals surface area contributed by atoms with E-state index < -0.39 is 20.0 Å². The van der Waals surface area contributed by atoms with Crippen LogP contribution in [0.3, 0.4) is 0 Å². The minimum Gasteiger partial charge on any atom is -0.457 e. The summed E-state index contributed by atoms with van der Waals surface area (Å²) < 4.78 is 61.3. The fourth-order valence-corrected chi connectivity index (χ4v) is 9.88. The van der Waals surface area contributed by atoms with E-state index in [0.717, 1.165) is 96.5 Å². The number of unbranched alkanes of at least 4 members (excludes halogenated alkanes) is 6. The van der Waals surface area contributed by atoms with Crippen molar-refractivity contribution in [1.82, 2.24) is 8.61 Å². The standard InChI is InChI=1S/C52H62N4O5S2/c1-3-5-7-9-11-13-19-41-62(57,58)55-37-33-53(34-38-55)49-29-25-45(26-30-49)43-47-21-15-17-23-51(47)61-52-24-18-16-22-48(52)44-46-27-31-50(32-28-46)54-35-39-56(40-36-54)63(59,60)42-20-14-12-10-8-6-4-2/h15-32,41-42H,3-10,33-40,43-44H2,1-2H3/b41-19+,42-20+. The molecule has 2 aliphatic rings. The molecule has 0 bridgehead atoms. The van der Waals surface area contributed by atoms with E-state index in [2.05, 4.69) is 108 Å². The molecule has 4 aromatic carbocycles. The average molecular weight is 887 g/mol. The number of hydrogen-bond donors (Lipinski definition) is 0. The van der Waals surface area contributed by atoms with Gasteiger partial charge in [-0.05, 0) is 71.5 Å². The van der Waals surface area contributed by atoms with Gasteiger partial charge in [-0.1, -0.05) is 124 Å². The number of hydrogen-bond acceptors (Lipinski definition) is 7. The Morgan fingerprint density at radius 3 is 1.27 bits per heavy atom. The zero-order valence-corrected chi connectivity index (χ0v) is 38.6. The number of rotatable bonds is 18. The third kappa shape index (κ3) is 14.4. The topological polar surface area (TPSA) is 90.5 Å². The maximum atomic E-state index is 12.9. The first-order chi connectivity index (χ1) is 30.6. The first-order valence-corrected chi connectivity index (χ1v) is 25.5. The molecular formula is C52H62N4O5S2. The maximum Gasteiger partial charge on any atom is 0.236 e. The molecule has 0 unspecified atom stereocenters. The molecule has 0 spiro atoms. The Kier molecular flexibility index (Phi) is 17.9. The van der Waals surface area contributed by atoms with Crippen molar-refractivity contribution in [2.24, 2.45) is 0 Å². The molecule has 332 valence electrons. The molecule has 0 amide bonds. The number of piperazine rings is 2. The van der Waals surface area contributed by atoms with Crippen molar-refractivity contribution in [1.29, 1.82) is 0 Å². The summed E-state index contributed by atoms with van der Waals surface area (Å²) in [5, 5.41) is 2.47. The molecule has 0 aromatic heterocycles. The van der Waals surface area contributed by atoms with Gasteiger partial charge in [0.1, 0.15) is 11.5 Å². The largest absolute Gasteiger partial charge is 0.457 e. The molecule has 6 rings (SSSR count). The van der Waals surface area contributed by atoms with E-state index in [1.54, 1.807) is 0 Å². The summed E-state index contributed by atoms with van der Waals surface area (Å²) in [6.45, 7) is 8.50. The molecule has 0 aliphatic carbocycles. The minimum absolute atomic E-state index is 0.429. The summed E-state index contributed by atoms with van der Waals surface area (Å²) in [4.78, 5) is 4.47. The molecule has 0 radical (unpaired) electrons. The lowest BCUT2D eigenvalue weighted by molar-refractivity contribution is 0.389. The van der Waals surface area contributed by atoms with Crippen molar-refractivity contribution in [2.75, 3.05) is 62.2 Å². The van der Waals surface area contributed by atoms with Crippen molar-refractivity contribution in [3.8, 4) is 35.2 Å². The predicted octanol–water partition coefficient (Wildman–Crippen LogP) is 9.76. The average Bonchev–Trinajstić information content (AvgIpc) is 3.30. The van der Waals surface area contributed by atoms with E-state index in [-0.39, 0.29) is 0 Å². The molecule has 2 aliphatic heterocycles. The molecule has 0 atom stereocenters. The smallest absolute Gasteiger partial charge is 0.236 e. The predicted molar refractivity (Wildman–Crippen MR) is 259 cm³/mol. The van der Waals surface area contributed by atoms with Gasteiger partial charge < -0.3 is 14.5 Å². The van der Waals surface area contributed by atoms with Crippen LogP contribution in [0.25, 0.3) is 0 Å². The number of allylic oxidation sites excluding steroid dienone is 2. The first-order valence-electron chi connectivity index (χ1n) is 22.5. The number of ether oxygens (including phenoxy) is 1. The van der Waals surface area contributed by atoms with Crippen LogP contribution in [0, 0.1) is 23.7 Å². The molecule has 2 saturated heterocycles. The van der Waals surface area contributed by atoms with Crippen molar-refractivity contribution in [3.63, 3.8) is 0 Å². The molecule has 2 fully saturated rings. The fourth-order valence-electron chi connectivity index (χ4n) is 7.71. The fraction of sp³-hybridized carbons (Fsp3) is 0.385. The number of benzene rings is 4. The van der Waals surface area contributed by atoms with E-state index in [4.69, 9.17) is 4.74 Å². The van der Waals surface area contributed by atoms with Crippen LogP contribution in [-0.2, 0) is 32.9 Å². The zero-order chi connectivity index (χ0) is 44.3.